The largest absolute Gasteiger partial charge is 0.480 e. The molecule has 0 fully saturated rings. The lowest BCUT2D eigenvalue weighted by Gasteiger charge is -2.21. The van der Waals surface area contributed by atoms with Crippen LogP contribution >= 0.6 is 0 Å². The molecular formula is C15H16N2O4. The Morgan fingerprint density at radius 2 is 1.95 bits per heavy atom. The minimum absolute atomic E-state index is 0.202. The summed E-state index contributed by atoms with van der Waals surface area (Å²) in [6, 6.07) is 10.0. The molecule has 0 bridgehead atoms. The molecule has 21 heavy (non-hydrogen) atoms. The lowest BCUT2D eigenvalue weighted by atomic mass is 10.2. The number of benzene rings is 1. The number of carbonyl (C=O) groups is 2. The molecule has 0 saturated carbocycles. The second-order valence-electron chi connectivity index (χ2n) is 4.55. The van der Waals surface area contributed by atoms with Crippen LogP contribution in [-0.2, 0) is 11.3 Å². The van der Waals surface area contributed by atoms with Gasteiger partial charge in [-0.05, 0) is 31.2 Å². The Kier molecular flexibility index (Phi) is 4.61. The van der Waals surface area contributed by atoms with E-state index < -0.39 is 18.5 Å². The van der Waals surface area contributed by atoms with Crippen LogP contribution in [0.3, 0.4) is 0 Å². The third kappa shape index (κ3) is 4.10. The number of hydrogen-bond donors (Lipinski definition) is 2. The van der Waals surface area contributed by atoms with E-state index in [0.717, 1.165) is 5.56 Å². The third-order valence-corrected chi connectivity index (χ3v) is 2.88. The first kappa shape index (κ1) is 14.6. The Hall–Kier alpha value is -2.76. The number of carboxylic acids is 1. The zero-order valence-corrected chi connectivity index (χ0v) is 11.6. The topological polar surface area (TPSA) is 82.8 Å². The molecule has 110 valence electrons. The van der Waals surface area contributed by atoms with Gasteiger partial charge in [0.05, 0.1) is 12.8 Å². The average Bonchev–Trinajstić information content (AvgIpc) is 2.96. The van der Waals surface area contributed by atoms with Crippen LogP contribution < -0.4 is 10.2 Å². The van der Waals surface area contributed by atoms with E-state index in [1.165, 1.54) is 11.2 Å². The van der Waals surface area contributed by atoms with Crippen LogP contribution in [0, 0.1) is 6.92 Å². The van der Waals surface area contributed by atoms with Crippen molar-refractivity contribution in [3.8, 4) is 0 Å². The van der Waals surface area contributed by atoms with Crippen molar-refractivity contribution < 1.29 is 19.1 Å². The molecule has 0 aliphatic carbocycles. The average molecular weight is 288 g/mol. The molecule has 0 radical (unpaired) electrons. The van der Waals surface area contributed by atoms with Gasteiger partial charge in [0, 0.05) is 5.69 Å². The summed E-state index contributed by atoms with van der Waals surface area (Å²) in [7, 11) is 0. The fourth-order valence-electron chi connectivity index (χ4n) is 1.81. The number of nitrogens with zero attached hydrogens (tertiary/aromatic N) is 1. The maximum atomic E-state index is 12.2. The van der Waals surface area contributed by atoms with E-state index >= 15 is 0 Å². The number of urea groups is 1. The van der Waals surface area contributed by atoms with E-state index in [-0.39, 0.29) is 6.54 Å². The van der Waals surface area contributed by atoms with Gasteiger partial charge in [0.15, 0.2) is 0 Å². The second-order valence-corrected chi connectivity index (χ2v) is 4.55. The Bertz CT molecular complexity index is 605. The van der Waals surface area contributed by atoms with Crippen LogP contribution in [0.25, 0.3) is 0 Å². The lowest BCUT2D eigenvalue weighted by Crippen LogP contribution is -2.42. The van der Waals surface area contributed by atoms with Gasteiger partial charge in [-0.3, -0.25) is 9.69 Å². The summed E-state index contributed by atoms with van der Waals surface area (Å²) in [4.78, 5) is 24.3. The summed E-state index contributed by atoms with van der Waals surface area (Å²) in [6.07, 6.45) is 1.51. The Morgan fingerprint density at radius 3 is 2.52 bits per heavy atom. The third-order valence-electron chi connectivity index (χ3n) is 2.88. The molecule has 0 atom stereocenters. The Morgan fingerprint density at radius 1 is 1.24 bits per heavy atom. The van der Waals surface area contributed by atoms with Gasteiger partial charge >= 0.3 is 12.0 Å². The molecular weight excluding hydrogens is 272 g/mol. The van der Waals surface area contributed by atoms with Gasteiger partial charge in [-0.25, -0.2) is 4.79 Å². The highest BCUT2D eigenvalue weighted by atomic mass is 16.4. The van der Waals surface area contributed by atoms with E-state index in [1.807, 2.05) is 19.1 Å². The second kappa shape index (κ2) is 6.60. The van der Waals surface area contributed by atoms with E-state index in [0.29, 0.717) is 11.4 Å². The van der Waals surface area contributed by atoms with Crippen LogP contribution in [0.4, 0.5) is 10.5 Å². The monoisotopic (exact) mass is 288 g/mol. The summed E-state index contributed by atoms with van der Waals surface area (Å²) in [5, 5.41) is 11.6. The highest BCUT2D eigenvalue weighted by Crippen LogP contribution is 2.15. The van der Waals surface area contributed by atoms with Crippen molar-refractivity contribution in [2.75, 3.05) is 11.4 Å². The van der Waals surface area contributed by atoms with Gasteiger partial charge in [-0.15, -0.1) is 0 Å². The van der Waals surface area contributed by atoms with E-state index in [1.54, 1.807) is 24.3 Å². The van der Waals surface area contributed by atoms with Crippen molar-refractivity contribution in [2.45, 2.75) is 13.5 Å². The normalized spacial score (nSPS) is 10.1. The zero-order chi connectivity index (χ0) is 15.2. The van der Waals surface area contributed by atoms with E-state index in [2.05, 4.69) is 5.32 Å². The van der Waals surface area contributed by atoms with Crippen LogP contribution in [0.15, 0.2) is 47.1 Å². The number of rotatable bonds is 5. The molecule has 0 spiro atoms. The highest BCUT2D eigenvalue weighted by Gasteiger charge is 2.18. The van der Waals surface area contributed by atoms with Crippen molar-refractivity contribution in [3.05, 3.63) is 54.0 Å². The predicted molar refractivity (Wildman–Crippen MR) is 77.1 cm³/mol. The Labute approximate surface area is 122 Å². The molecule has 2 amide bonds. The first-order valence-corrected chi connectivity index (χ1v) is 6.42. The van der Waals surface area contributed by atoms with Gasteiger partial charge in [0.2, 0.25) is 0 Å². The number of nitrogens with one attached hydrogen (secondary N) is 1. The maximum Gasteiger partial charge on any atom is 0.323 e. The van der Waals surface area contributed by atoms with E-state index in [4.69, 9.17) is 9.52 Å². The minimum Gasteiger partial charge on any atom is -0.480 e. The fraction of sp³-hybridized carbons (Fsp3) is 0.200. The van der Waals surface area contributed by atoms with Crippen LogP contribution in [0.2, 0.25) is 0 Å². The zero-order valence-electron chi connectivity index (χ0n) is 11.6. The molecule has 2 aromatic rings. The van der Waals surface area contributed by atoms with Crippen molar-refractivity contribution in [2.24, 2.45) is 0 Å². The van der Waals surface area contributed by atoms with Gasteiger partial charge in [0.1, 0.15) is 12.3 Å². The molecule has 6 nitrogen and oxygen atoms in total. The molecule has 1 heterocycles. The van der Waals surface area contributed by atoms with Crippen LogP contribution in [-0.4, -0.2) is 23.7 Å². The smallest absolute Gasteiger partial charge is 0.323 e. The van der Waals surface area contributed by atoms with Gasteiger partial charge in [-0.2, -0.15) is 0 Å². The number of anilines is 1. The summed E-state index contributed by atoms with van der Waals surface area (Å²) >= 11 is 0. The molecule has 6 heteroatoms. The number of carboxylic acid groups (broad SMARTS) is 1. The fourth-order valence-corrected chi connectivity index (χ4v) is 1.81. The first-order chi connectivity index (χ1) is 10.1. The number of carbonyl (C=O) groups excluding carboxylic acids is 1. The molecule has 1 aromatic heterocycles. The SMILES string of the molecule is Cc1ccc(N(CC(=O)O)C(=O)NCc2ccco2)cc1. The van der Waals surface area contributed by atoms with Crippen molar-refractivity contribution in [1.29, 1.82) is 0 Å². The first-order valence-electron chi connectivity index (χ1n) is 6.42. The summed E-state index contributed by atoms with van der Waals surface area (Å²) < 4.78 is 5.12. The number of aryl methyl sites for hydroxylation is 1. The molecule has 0 aliphatic heterocycles. The number of amides is 2. The van der Waals surface area contributed by atoms with Gasteiger partial charge in [-0.1, -0.05) is 17.7 Å². The molecule has 0 aliphatic rings. The number of aliphatic carboxylic acids is 1. The molecule has 2 rings (SSSR count). The summed E-state index contributed by atoms with van der Waals surface area (Å²) in [5.41, 5.74) is 1.56. The maximum absolute atomic E-state index is 12.2. The summed E-state index contributed by atoms with van der Waals surface area (Å²) in [5.74, 6) is -0.480. The van der Waals surface area contributed by atoms with Crippen molar-refractivity contribution >= 4 is 17.7 Å². The standard InChI is InChI=1S/C15H16N2O4/c1-11-4-6-12(7-5-11)17(10-14(18)19)15(20)16-9-13-3-2-8-21-13/h2-8H,9-10H2,1H3,(H,16,20)(H,18,19). The van der Waals surface area contributed by atoms with Gasteiger partial charge < -0.3 is 14.8 Å². The lowest BCUT2D eigenvalue weighted by molar-refractivity contribution is -0.135. The summed E-state index contributed by atoms with van der Waals surface area (Å²) in [6.45, 7) is 1.71. The van der Waals surface area contributed by atoms with Crippen LogP contribution in [0.1, 0.15) is 11.3 Å². The minimum atomic E-state index is -1.08. The Balaban J connectivity index is 2.09. The quantitative estimate of drug-likeness (QED) is 0.885. The molecule has 0 unspecified atom stereocenters. The molecule has 2 N–H and O–H groups in total. The van der Waals surface area contributed by atoms with Crippen LogP contribution in [0.5, 0.6) is 0 Å². The number of furan rings is 1. The molecule has 0 saturated heterocycles. The molecule has 1 aromatic carbocycles. The van der Waals surface area contributed by atoms with Crippen molar-refractivity contribution in [3.63, 3.8) is 0 Å². The van der Waals surface area contributed by atoms with Gasteiger partial charge in [0.25, 0.3) is 0 Å². The number of hydrogen-bond acceptors (Lipinski definition) is 3. The predicted octanol–water partition coefficient (Wildman–Crippen LogP) is 2.39. The van der Waals surface area contributed by atoms with Crippen molar-refractivity contribution in [1.82, 2.24) is 5.32 Å². The van der Waals surface area contributed by atoms with E-state index in [9.17, 15) is 9.59 Å². The highest BCUT2D eigenvalue weighted by molar-refractivity contribution is 5.96.